The summed E-state index contributed by atoms with van der Waals surface area (Å²) in [5.74, 6) is -0.394. The molecule has 0 bridgehead atoms. The zero-order valence-electron chi connectivity index (χ0n) is 20.5. The SMILES string of the molecule is NCc1cccc(NC(=O)[C@@H](NC(=O)OCc2ccccc2)c2ccc(-c3cc4cccnc4s3)cc2)c1. The number of amides is 2. The number of nitrogens with one attached hydrogen (secondary N) is 2. The predicted octanol–water partition coefficient (Wildman–Crippen LogP) is 6.03. The smallest absolute Gasteiger partial charge is 0.408 e. The van der Waals surface area contributed by atoms with Gasteiger partial charge in [-0.2, -0.15) is 0 Å². The molecule has 38 heavy (non-hydrogen) atoms. The van der Waals surface area contributed by atoms with Crippen LogP contribution in [0.25, 0.3) is 20.7 Å². The number of pyridine rings is 1. The van der Waals surface area contributed by atoms with Gasteiger partial charge >= 0.3 is 6.09 Å². The number of carbonyl (C=O) groups excluding carboxylic acids is 2. The van der Waals surface area contributed by atoms with Crippen molar-refractivity contribution >= 4 is 39.2 Å². The monoisotopic (exact) mass is 522 g/mol. The zero-order chi connectivity index (χ0) is 26.3. The molecule has 0 saturated heterocycles. The maximum Gasteiger partial charge on any atom is 0.408 e. The molecule has 7 nitrogen and oxygen atoms in total. The third-order valence-corrected chi connectivity index (χ3v) is 7.10. The molecule has 4 N–H and O–H groups in total. The summed E-state index contributed by atoms with van der Waals surface area (Å²) in [4.78, 5) is 32.5. The van der Waals surface area contributed by atoms with E-state index < -0.39 is 18.0 Å². The highest BCUT2D eigenvalue weighted by Crippen LogP contribution is 2.33. The fraction of sp³-hybridized carbons (Fsp3) is 0.100. The van der Waals surface area contributed by atoms with Gasteiger partial charge in [-0.25, -0.2) is 9.78 Å². The van der Waals surface area contributed by atoms with Gasteiger partial charge in [-0.15, -0.1) is 11.3 Å². The van der Waals surface area contributed by atoms with Crippen LogP contribution in [0.15, 0.2) is 103 Å². The van der Waals surface area contributed by atoms with E-state index in [2.05, 4.69) is 21.7 Å². The highest BCUT2D eigenvalue weighted by molar-refractivity contribution is 7.21. The molecule has 8 heteroatoms. The van der Waals surface area contributed by atoms with Crippen LogP contribution < -0.4 is 16.4 Å². The van der Waals surface area contributed by atoms with E-state index in [9.17, 15) is 9.59 Å². The van der Waals surface area contributed by atoms with Crippen molar-refractivity contribution in [1.29, 1.82) is 0 Å². The maximum atomic E-state index is 13.4. The number of ether oxygens (including phenoxy) is 1. The number of benzene rings is 3. The van der Waals surface area contributed by atoms with Crippen LogP contribution >= 0.6 is 11.3 Å². The van der Waals surface area contributed by atoms with Crippen molar-refractivity contribution in [3.8, 4) is 10.4 Å². The third kappa shape index (κ3) is 6.05. The van der Waals surface area contributed by atoms with Crippen LogP contribution in [-0.4, -0.2) is 17.0 Å². The Morgan fingerprint density at radius 1 is 0.895 bits per heavy atom. The minimum Gasteiger partial charge on any atom is -0.445 e. The molecule has 1 atom stereocenters. The highest BCUT2D eigenvalue weighted by Gasteiger charge is 2.24. The van der Waals surface area contributed by atoms with E-state index in [-0.39, 0.29) is 6.61 Å². The van der Waals surface area contributed by atoms with Crippen LogP contribution in [0.2, 0.25) is 0 Å². The molecule has 0 unspecified atom stereocenters. The van der Waals surface area contributed by atoms with Crippen molar-refractivity contribution in [3.05, 3.63) is 120 Å². The van der Waals surface area contributed by atoms with Gasteiger partial charge in [-0.05, 0) is 46.5 Å². The van der Waals surface area contributed by atoms with Crippen LogP contribution in [0.5, 0.6) is 0 Å². The van der Waals surface area contributed by atoms with Gasteiger partial charge in [0.25, 0.3) is 5.91 Å². The number of fused-ring (bicyclic) bond motifs is 1. The fourth-order valence-electron chi connectivity index (χ4n) is 4.03. The van der Waals surface area contributed by atoms with Gasteiger partial charge in [0.05, 0.1) is 0 Å². The van der Waals surface area contributed by atoms with Gasteiger partial charge in [-0.1, -0.05) is 72.8 Å². The number of thiophene rings is 1. The minimum atomic E-state index is -0.974. The molecule has 0 fully saturated rings. The Bertz CT molecular complexity index is 1520. The number of anilines is 1. The molecule has 0 radical (unpaired) electrons. The van der Waals surface area contributed by atoms with Crippen LogP contribution in [0.1, 0.15) is 22.7 Å². The number of hydrogen-bond donors (Lipinski definition) is 3. The summed E-state index contributed by atoms with van der Waals surface area (Å²) in [7, 11) is 0. The van der Waals surface area contributed by atoms with Crippen molar-refractivity contribution in [1.82, 2.24) is 10.3 Å². The van der Waals surface area contributed by atoms with E-state index >= 15 is 0 Å². The number of nitrogens with two attached hydrogens (primary N) is 1. The van der Waals surface area contributed by atoms with Gasteiger partial charge in [0.1, 0.15) is 17.5 Å². The Hall–Kier alpha value is -4.53. The van der Waals surface area contributed by atoms with E-state index in [0.717, 1.165) is 31.8 Å². The molecule has 0 aliphatic rings. The van der Waals surface area contributed by atoms with E-state index in [0.29, 0.717) is 17.8 Å². The Balaban J connectivity index is 1.36. The van der Waals surface area contributed by atoms with Crippen LogP contribution in [0.4, 0.5) is 10.5 Å². The van der Waals surface area contributed by atoms with E-state index in [1.54, 1.807) is 29.7 Å². The van der Waals surface area contributed by atoms with Crippen LogP contribution in [-0.2, 0) is 22.7 Å². The Kier molecular flexibility index (Phi) is 7.73. The molecule has 5 rings (SSSR count). The molecule has 3 aromatic carbocycles. The Morgan fingerprint density at radius 3 is 2.45 bits per heavy atom. The topological polar surface area (TPSA) is 106 Å². The van der Waals surface area contributed by atoms with Gasteiger partial charge in [0.15, 0.2) is 0 Å². The highest BCUT2D eigenvalue weighted by atomic mass is 32.1. The molecule has 2 amide bonds. The van der Waals surface area contributed by atoms with Gasteiger partial charge in [0.2, 0.25) is 0 Å². The quantitative estimate of drug-likeness (QED) is 0.231. The second-order valence-electron chi connectivity index (χ2n) is 8.66. The molecule has 0 aliphatic carbocycles. The van der Waals surface area contributed by atoms with Crippen molar-refractivity contribution in [2.24, 2.45) is 5.73 Å². The summed E-state index contributed by atoms with van der Waals surface area (Å²) >= 11 is 1.60. The number of carbonyl (C=O) groups is 2. The molecular formula is C30H26N4O3S. The first-order valence-corrected chi connectivity index (χ1v) is 12.9. The lowest BCUT2D eigenvalue weighted by atomic mass is 10.0. The summed E-state index contributed by atoms with van der Waals surface area (Å²) in [6, 6.07) is 29.3. The summed E-state index contributed by atoms with van der Waals surface area (Å²) < 4.78 is 5.39. The molecule has 2 heterocycles. The molecule has 5 aromatic rings. The first kappa shape index (κ1) is 25.1. The molecule has 0 saturated carbocycles. The lowest BCUT2D eigenvalue weighted by Gasteiger charge is -2.19. The number of rotatable bonds is 8. The molecular weight excluding hydrogens is 496 g/mol. The molecule has 2 aromatic heterocycles. The Morgan fingerprint density at radius 2 is 1.68 bits per heavy atom. The first-order chi connectivity index (χ1) is 18.6. The average Bonchev–Trinajstić information content (AvgIpc) is 3.40. The summed E-state index contributed by atoms with van der Waals surface area (Å²) in [6.45, 7) is 0.449. The minimum absolute atomic E-state index is 0.0957. The zero-order valence-corrected chi connectivity index (χ0v) is 21.3. The van der Waals surface area contributed by atoms with Crippen LogP contribution in [0.3, 0.4) is 0 Å². The lowest BCUT2D eigenvalue weighted by molar-refractivity contribution is -0.118. The lowest BCUT2D eigenvalue weighted by Crippen LogP contribution is -2.37. The van der Waals surface area contributed by atoms with Crippen molar-refractivity contribution in [2.45, 2.75) is 19.2 Å². The van der Waals surface area contributed by atoms with Gasteiger partial charge in [-0.3, -0.25) is 4.79 Å². The first-order valence-electron chi connectivity index (χ1n) is 12.1. The van der Waals surface area contributed by atoms with Gasteiger partial charge < -0.3 is 21.1 Å². The van der Waals surface area contributed by atoms with Crippen molar-refractivity contribution in [3.63, 3.8) is 0 Å². The number of alkyl carbamates (subject to hydrolysis) is 1. The van der Waals surface area contributed by atoms with Crippen LogP contribution in [0, 0.1) is 0 Å². The predicted molar refractivity (Wildman–Crippen MR) is 151 cm³/mol. The normalized spacial score (nSPS) is 11.6. The summed E-state index contributed by atoms with van der Waals surface area (Å²) in [5.41, 5.74) is 9.70. The molecule has 0 aliphatic heterocycles. The van der Waals surface area contributed by atoms with E-state index in [4.69, 9.17) is 10.5 Å². The summed E-state index contributed by atoms with van der Waals surface area (Å²) in [6.07, 6.45) is 1.09. The average molecular weight is 523 g/mol. The summed E-state index contributed by atoms with van der Waals surface area (Å²) in [5, 5.41) is 6.70. The molecule has 0 spiro atoms. The third-order valence-electron chi connectivity index (χ3n) is 5.99. The van der Waals surface area contributed by atoms with Crippen molar-refractivity contribution < 1.29 is 14.3 Å². The second kappa shape index (κ2) is 11.7. The fourth-order valence-corrected chi connectivity index (χ4v) is 5.04. The number of nitrogens with zero attached hydrogens (tertiary/aromatic N) is 1. The second-order valence-corrected chi connectivity index (χ2v) is 9.69. The van der Waals surface area contributed by atoms with E-state index in [1.807, 2.05) is 78.9 Å². The van der Waals surface area contributed by atoms with Crippen molar-refractivity contribution in [2.75, 3.05) is 5.32 Å². The van der Waals surface area contributed by atoms with E-state index in [1.165, 1.54) is 0 Å². The number of hydrogen-bond acceptors (Lipinski definition) is 6. The standard InChI is InChI=1S/C30H26N4O3S/c31-18-21-8-4-10-25(16-21)33-28(35)27(34-30(36)37-19-20-6-2-1-3-7-20)23-13-11-22(12-14-23)26-17-24-9-5-15-32-29(24)38-26/h1-17,27H,18-19,31H2,(H,33,35)(H,34,36)/t27-/m0/s1. The number of aromatic nitrogens is 1. The largest absolute Gasteiger partial charge is 0.445 e. The molecule has 190 valence electrons. The Labute approximate surface area is 224 Å². The van der Waals surface area contributed by atoms with Gasteiger partial charge in [0, 0.05) is 28.7 Å². The maximum absolute atomic E-state index is 13.4.